The van der Waals surface area contributed by atoms with Crippen LogP contribution in [-0.4, -0.2) is 59.3 Å². The predicted molar refractivity (Wildman–Crippen MR) is 112 cm³/mol. The van der Waals surface area contributed by atoms with Gasteiger partial charge in [0, 0.05) is 63.8 Å². The molecule has 0 bridgehead atoms. The van der Waals surface area contributed by atoms with Crippen LogP contribution in [0.2, 0.25) is 0 Å². The normalized spacial score (nSPS) is 20.3. The molecule has 3 heterocycles. The van der Waals surface area contributed by atoms with Crippen molar-refractivity contribution in [3.8, 4) is 0 Å². The number of hydrogen-bond acceptors (Lipinski definition) is 4. The van der Waals surface area contributed by atoms with E-state index in [9.17, 15) is 9.59 Å². The predicted octanol–water partition coefficient (Wildman–Crippen LogP) is 2.34. The maximum Gasteiger partial charge on any atom is 0.228 e. The van der Waals surface area contributed by atoms with Gasteiger partial charge in [0.05, 0.1) is 5.92 Å². The molecule has 1 aromatic heterocycles. The van der Waals surface area contributed by atoms with Crippen molar-refractivity contribution in [3.05, 3.63) is 59.9 Å². The van der Waals surface area contributed by atoms with Gasteiger partial charge in [0.2, 0.25) is 11.8 Å². The van der Waals surface area contributed by atoms with Crippen molar-refractivity contribution < 1.29 is 9.59 Å². The lowest BCUT2D eigenvalue weighted by molar-refractivity contribution is -0.137. The second kappa shape index (κ2) is 8.74. The number of carbonyl (C=O) groups is 2. The minimum Gasteiger partial charge on any atom is -0.340 e. The molecule has 4 rings (SSSR count). The van der Waals surface area contributed by atoms with E-state index in [0.717, 1.165) is 50.4 Å². The lowest BCUT2D eigenvalue weighted by Crippen LogP contribution is -2.50. The summed E-state index contributed by atoms with van der Waals surface area (Å²) in [6.45, 7) is 6.58. The summed E-state index contributed by atoms with van der Waals surface area (Å²) in [5.41, 5.74) is 3.30. The molecule has 2 fully saturated rings. The van der Waals surface area contributed by atoms with E-state index >= 15 is 0 Å². The Labute approximate surface area is 172 Å². The number of benzene rings is 1. The summed E-state index contributed by atoms with van der Waals surface area (Å²) in [5, 5.41) is 0. The van der Waals surface area contributed by atoms with E-state index in [4.69, 9.17) is 0 Å². The molecular weight excluding hydrogens is 364 g/mol. The maximum atomic E-state index is 13.1. The Morgan fingerprint density at radius 1 is 1.10 bits per heavy atom. The molecule has 29 heavy (non-hydrogen) atoms. The van der Waals surface area contributed by atoms with Crippen molar-refractivity contribution in [1.82, 2.24) is 14.8 Å². The van der Waals surface area contributed by atoms with Crippen LogP contribution in [0, 0.1) is 5.92 Å². The van der Waals surface area contributed by atoms with Gasteiger partial charge in [-0.15, -0.1) is 0 Å². The Morgan fingerprint density at radius 3 is 2.62 bits per heavy atom. The van der Waals surface area contributed by atoms with Gasteiger partial charge in [-0.25, -0.2) is 0 Å². The molecule has 152 valence electrons. The van der Waals surface area contributed by atoms with Gasteiger partial charge in [0.1, 0.15) is 0 Å². The zero-order chi connectivity index (χ0) is 20.2. The number of aryl methyl sites for hydroxylation is 1. The van der Waals surface area contributed by atoms with Gasteiger partial charge in [0.25, 0.3) is 0 Å². The summed E-state index contributed by atoms with van der Waals surface area (Å²) < 4.78 is 0. The molecular formula is C23H28N4O2. The van der Waals surface area contributed by atoms with Crippen LogP contribution >= 0.6 is 0 Å². The summed E-state index contributed by atoms with van der Waals surface area (Å²) in [6, 6.07) is 12.0. The third-order valence-electron chi connectivity index (χ3n) is 5.95. The highest BCUT2D eigenvalue weighted by atomic mass is 16.2. The molecule has 2 aliphatic rings. The number of amides is 2. The van der Waals surface area contributed by atoms with E-state index in [1.807, 2.05) is 35.4 Å². The van der Waals surface area contributed by atoms with Crippen molar-refractivity contribution in [1.29, 1.82) is 0 Å². The molecule has 1 unspecified atom stereocenters. The molecule has 1 aromatic carbocycles. The van der Waals surface area contributed by atoms with E-state index in [0.29, 0.717) is 13.0 Å². The van der Waals surface area contributed by atoms with Crippen LogP contribution in [-0.2, 0) is 22.6 Å². The molecule has 2 aliphatic heterocycles. The van der Waals surface area contributed by atoms with Gasteiger partial charge in [-0.3, -0.25) is 19.5 Å². The monoisotopic (exact) mass is 392 g/mol. The maximum absolute atomic E-state index is 13.1. The zero-order valence-corrected chi connectivity index (χ0v) is 17.0. The molecule has 2 amide bonds. The first-order valence-corrected chi connectivity index (χ1v) is 10.4. The number of nitrogens with zero attached hydrogens (tertiary/aromatic N) is 4. The number of carbonyl (C=O) groups excluding carboxylic acids is 2. The minimum absolute atomic E-state index is 0.0551. The van der Waals surface area contributed by atoms with E-state index in [2.05, 4.69) is 28.9 Å². The van der Waals surface area contributed by atoms with Crippen LogP contribution in [0.5, 0.6) is 0 Å². The third kappa shape index (κ3) is 4.32. The van der Waals surface area contributed by atoms with Crippen LogP contribution in [0.4, 0.5) is 5.69 Å². The highest BCUT2D eigenvalue weighted by Gasteiger charge is 2.38. The van der Waals surface area contributed by atoms with Crippen molar-refractivity contribution in [2.75, 3.05) is 37.6 Å². The second-order valence-corrected chi connectivity index (χ2v) is 7.85. The smallest absolute Gasteiger partial charge is 0.228 e. The van der Waals surface area contributed by atoms with Gasteiger partial charge >= 0.3 is 0 Å². The molecule has 0 aliphatic carbocycles. The Morgan fingerprint density at radius 2 is 1.90 bits per heavy atom. The minimum atomic E-state index is -0.239. The Bertz CT molecular complexity index is 862. The summed E-state index contributed by atoms with van der Waals surface area (Å²) >= 11 is 0. The zero-order valence-electron chi connectivity index (χ0n) is 17.0. The van der Waals surface area contributed by atoms with Gasteiger partial charge < -0.3 is 9.80 Å². The topological polar surface area (TPSA) is 56.8 Å². The molecule has 2 saturated heterocycles. The van der Waals surface area contributed by atoms with E-state index in [-0.39, 0.29) is 17.7 Å². The van der Waals surface area contributed by atoms with Gasteiger partial charge in [0.15, 0.2) is 0 Å². The first-order chi connectivity index (χ1) is 14.2. The van der Waals surface area contributed by atoms with Crippen LogP contribution < -0.4 is 4.90 Å². The number of piperazine rings is 1. The lowest BCUT2D eigenvalue weighted by atomic mass is 10.1. The Hall–Kier alpha value is -2.73. The quantitative estimate of drug-likeness (QED) is 0.784. The fourth-order valence-corrected chi connectivity index (χ4v) is 4.31. The number of hydrogen-bond donors (Lipinski definition) is 0. The van der Waals surface area contributed by atoms with E-state index in [1.54, 1.807) is 11.1 Å². The SMILES string of the molecule is CCc1ccccc1N1CC(C(=O)N2CCN(Cc3cccnc3)CC2)CC1=O. The number of rotatable bonds is 5. The molecule has 0 radical (unpaired) electrons. The van der Waals surface area contributed by atoms with Crippen LogP contribution in [0.1, 0.15) is 24.5 Å². The fraction of sp³-hybridized carbons (Fsp3) is 0.435. The molecule has 0 saturated carbocycles. The standard InChI is InChI=1S/C23H28N4O2/c1-2-19-7-3-4-8-21(19)27-17-20(14-22(27)28)23(29)26-12-10-25(11-13-26)16-18-6-5-9-24-15-18/h3-9,15,20H,2,10-14,16-17H2,1H3. The van der Waals surface area contributed by atoms with E-state index < -0.39 is 0 Å². The molecule has 6 heteroatoms. The average molecular weight is 393 g/mol. The molecule has 0 spiro atoms. The van der Waals surface area contributed by atoms with Crippen molar-refractivity contribution in [3.63, 3.8) is 0 Å². The molecule has 2 aromatic rings. The van der Waals surface area contributed by atoms with Crippen LogP contribution in [0.3, 0.4) is 0 Å². The highest BCUT2D eigenvalue weighted by molar-refractivity contribution is 6.00. The fourth-order valence-electron chi connectivity index (χ4n) is 4.31. The Kier molecular flexibility index (Phi) is 5.90. The lowest BCUT2D eigenvalue weighted by Gasteiger charge is -2.35. The van der Waals surface area contributed by atoms with Crippen molar-refractivity contribution in [2.24, 2.45) is 5.92 Å². The van der Waals surface area contributed by atoms with Gasteiger partial charge in [-0.1, -0.05) is 31.2 Å². The molecule has 0 N–H and O–H groups in total. The van der Waals surface area contributed by atoms with Gasteiger partial charge in [-0.2, -0.15) is 0 Å². The van der Waals surface area contributed by atoms with Crippen molar-refractivity contribution in [2.45, 2.75) is 26.3 Å². The molecule has 1 atom stereocenters. The summed E-state index contributed by atoms with van der Waals surface area (Å²) in [7, 11) is 0. The van der Waals surface area contributed by atoms with E-state index in [1.165, 1.54) is 5.56 Å². The van der Waals surface area contributed by atoms with Crippen molar-refractivity contribution >= 4 is 17.5 Å². The average Bonchev–Trinajstić information content (AvgIpc) is 3.16. The summed E-state index contributed by atoms with van der Waals surface area (Å²) in [6.07, 6.45) is 4.86. The second-order valence-electron chi connectivity index (χ2n) is 7.85. The summed E-state index contributed by atoms with van der Waals surface area (Å²) in [4.78, 5) is 36.0. The first kappa shape index (κ1) is 19.6. The molecule has 6 nitrogen and oxygen atoms in total. The highest BCUT2D eigenvalue weighted by Crippen LogP contribution is 2.29. The largest absolute Gasteiger partial charge is 0.340 e. The number of anilines is 1. The van der Waals surface area contributed by atoms with Gasteiger partial charge in [-0.05, 0) is 29.7 Å². The number of aromatic nitrogens is 1. The summed E-state index contributed by atoms with van der Waals surface area (Å²) in [5.74, 6) is -0.0624. The number of pyridine rings is 1. The number of para-hydroxylation sites is 1. The Balaban J connectivity index is 1.34. The first-order valence-electron chi connectivity index (χ1n) is 10.4. The third-order valence-corrected chi connectivity index (χ3v) is 5.95. The van der Waals surface area contributed by atoms with Crippen LogP contribution in [0.15, 0.2) is 48.8 Å². The van der Waals surface area contributed by atoms with Crippen LogP contribution in [0.25, 0.3) is 0 Å².